The summed E-state index contributed by atoms with van der Waals surface area (Å²) in [6.07, 6.45) is 1.31. The molecular weight excluding hydrogens is 448 g/mol. The maximum Gasteiger partial charge on any atom is 0.408 e. The molecule has 184 valence electrons. The molecule has 2 heterocycles. The lowest BCUT2D eigenvalue weighted by atomic mass is 9.88. The van der Waals surface area contributed by atoms with Gasteiger partial charge in [-0.25, -0.2) is 4.79 Å². The molecule has 2 aliphatic heterocycles. The predicted molar refractivity (Wildman–Crippen MR) is 128 cm³/mol. The van der Waals surface area contributed by atoms with Crippen LogP contribution in [-0.2, 0) is 19.1 Å². The number of amides is 2. The number of carboxylic acid groups (broad SMARTS) is 1. The van der Waals surface area contributed by atoms with E-state index in [0.717, 1.165) is 28.7 Å². The van der Waals surface area contributed by atoms with Crippen LogP contribution in [0.3, 0.4) is 0 Å². The smallest absolute Gasteiger partial charge is 0.408 e. The Hall–Kier alpha value is -3.39. The zero-order valence-corrected chi connectivity index (χ0v) is 19.6. The zero-order chi connectivity index (χ0) is 24.4. The number of carboxylic acids is 1. The largest absolute Gasteiger partial charge is 0.481 e. The van der Waals surface area contributed by atoms with Crippen LogP contribution in [0.4, 0.5) is 4.79 Å². The quantitative estimate of drug-likeness (QED) is 0.658. The Labute approximate surface area is 204 Å². The van der Waals surface area contributed by atoms with Crippen molar-refractivity contribution in [2.75, 3.05) is 26.4 Å². The Kier molecular flexibility index (Phi) is 6.47. The van der Waals surface area contributed by atoms with Gasteiger partial charge < -0.3 is 24.8 Å². The SMILES string of the molecule is O=C(O)C[C@H]1CCCN1C(=O)C1(NC(=O)OCC2c3ccccc3-c3ccccc32)CCOCC1. The van der Waals surface area contributed by atoms with Crippen molar-refractivity contribution < 1.29 is 29.0 Å². The highest BCUT2D eigenvalue weighted by atomic mass is 16.5. The van der Waals surface area contributed by atoms with E-state index in [9.17, 15) is 19.5 Å². The summed E-state index contributed by atoms with van der Waals surface area (Å²) in [5.41, 5.74) is 3.37. The topological polar surface area (TPSA) is 105 Å². The third kappa shape index (κ3) is 4.50. The van der Waals surface area contributed by atoms with Gasteiger partial charge in [0.25, 0.3) is 0 Å². The average molecular weight is 479 g/mol. The number of nitrogens with zero attached hydrogens (tertiary/aromatic N) is 1. The zero-order valence-electron chi connectivity index (χ0n) is 19.6. The van der Waals surface area contributed by atoms with Crippen LogP contribution >= 0.6 is 0 Å². The Bertz CT molecular complexity index is 1080. The number of nitrogens with one attached hydrogen (secondary N) is 1. The number of aliphatic carboxylic acids is 1. The first-order valence-corrected chi connectivity index (χ1v) is 12.2. The van der Waals surface area contributed by atoms with Crippen LogP contribution in [0, 0.1) is 0 Å². The van der Waals surface area contributed by atoms with Crippen molar-refractivity contribution in [1.82, 2.24) is 10.2 Å². The molecule has 1 atom stereocenters. The number of fused-ring (bicyclic) bond motifs is 3. The lowest BCUT2D eigenvalue weighted by molar-refractivity contribution is -0.145. The molecule has 0 spiro atoms. The Balaban J connectivity index is 1.30. The van der Waals surface area contributed by atoms with Gasteiger partial charge in [-0.15, -0.1) is 0 Å². The molecule has 0 aromatic heterocycles. The van der Waals surface area contributed by atoms with Gasteiger partial charge in [-0.3, -0.25) is 9.59 Å². The molecule has 2 N–H and O–H groups in total. The van der Waals surface area contributed by atoms with Crippen molar-refractivity contribution >= 4 is 18.0 Å². The number of benzene rings is 2. The minimum atomic E-state index is -1.15. The third-order valence-corrected chi connectivity index (χ3v) is 7.49. The van der Waals surface area contributed by atoms with Gasteiger partial charge in [-0.1, -0.05) is 48.5 Å². The number of carbonyl (C=O) groups excluding carboxylic acids is 2. The van der Waals surface area contributed by atoms with E-state index in [1.54, 1.807) is 4.90 Å². The van der Waals surface area contributed by atoms with Crippen LogP contribution < -0.4 is 5.32 Å². The highest BCUT2D eigenvalue weighted by molar-refractivity contribution is 5.91. The van der Waals surface area contributed by atoms with Crippen molar-refractivity contribution in [2.45, 2.75) is 49.6 Å². The molecular formula is C27H30N2O6. The fraction of sp³-hybridized carbons (Fsp3) is 0.444. The second-order valence-corrected chi connectivity index (χ2v) is 9.54. The molecule has 2 saturated heterocycles. The third-order valence-electron chi connectivity index (χ3n) is 7.49. The number of ether oxygens (including phenoxy) is 2. The second kappa shape index (κ2) is 9.70. The Morgan fingerprint density at radius 2 is 1.66 bits per heavy atom. The van der Waals surface area contributed by atoms with Gasteiger partial charge in [0.05, 0.1) is 6.42 Å². The molecule has 8 heteroatoms. The van der Waals surface area contributed by atoms with Gasteiger partial charge in [-0.05, 0) is 35.1 Å². The molecule has 2 fully saturated rings. The van der Waals surface area contributed by atoms with Crippen molar-refractivity contribution in [3.8, 4) is 11.1 Å². The molecule has 35 heavy (non-hydrogen) atoms. The van der Waals surface area contributed by atoms with Crippen LogP contribution in [-0.4, -0.2) is 65.9 Å². The Morgan fingerprint density at radius 3 is 2.29 bits per heavy atom. The van der Waals surface area contributed by atoms with Crippen LogP contribution in [0.15, 0.2) is 48.5 Å². The number of carbonyl (C=O) groups is 3. The number of hydrogen-bond acceptors (Lipinski definition) is 5. The number of rotatable bonds is 6. The van der Waals surface area contributed by atoms with E-state index in [0.29, 0.717) is 39.0 Å². The highest BCUT2D eigenvalue weighted by Gasteiger charge is 2.47. The first kappa shape index (κ1) is 23.4. The lowest BCUT2D eigenvalue weighted by Gasteiger charge is -2.40. The predicted octanol–water partition coefficient (Wildman–Crippen LogP) is 3.54. The van der Waals surface area contributed by atoms with Gasteiger partial charge in [0.15, 0.2) is 0 Å². The number of likely N-dealkylation sites (tertiary alicyclic amines) is 1. The minimum Gasteiger partial charge on any atom is -0.481 e. The van der Waals surface area contributed by atoms with Gasteiger partial charge in [-0.2, -0.15) is 0 Å². The first-order chi connectivity index (χ1) is 17.0. The van der Waals surface area contributed by atoms with E-state index >= 15 is 0 Å². The summed E-state index contributed by atoms with van der Waals surface area (Å²) in [5, 5.41) is 12.1. The summed E-state index contributed by atoms with van der Waals surface area (Å²) in [7, 11) is 0. The van der Waals surface area contributed by atoms with Crippen molar-refractivity contribution in [1.29, 1.82) is 0 Å². The summed E-state index contributed by atoms with van der Waals surface area (Å²) in [4.78, 5) is 39.6. The molecule has 0 unspecified atom stereocenters. The van der Waals surface area contributed by atoms with Crippen molar-refractivity contribution in [2.24, 2.45) is 0 Å². The molecule has 2 aromatic carbocycles. The van der Waals surface area contributed by atoms with Crippen molar-refractivity contribution in [3.63, 3.8) is 0 Å². The summed E-state index contributed by atoms with van der Waals surface area (Å²) >= 11 is 0. The number of hydrogen-bond donors (Lipinski definition) is 2. The average Bonchev–Trinajstić information content (AvgIpc) is 3.45. The normalized spacial score (nSPS) is 20.7. The summed E-state index contributed by atoms with van der Waals surface area (Å²) in [6.45, 7) is 1.33. The van der Waals surface area contributed by atoms with E-state index < -0.39 is 17.6 Å². The molecule has 0 radical (unpaired) electrons. The van der Waals surface area contributed by atoms with Crippen LogP contribution in [0.25, 0.3) is 11.1 Å². The minimum absolute atomic E-state index is 0.0759. The van der Waals surface area contributed by atoms with Crippen LogP contribution in [0.2, 0.25) is 0 Å². The highest BCUT2D eigenvalue weighted by Crippen LogP contribution is 2.44. The van der Waals surface area contributed by atoms with E-state index in [1.807, 2.05) is 24.3 Å². The first-order valence-electron chi connectivity index (χ1n) is 12.2. The van der Waals surface area contributed by atoms with Crippen LogP contribution in [0.1, 0.15) is 49.1 Å². The van der Waals surface area contributed by atoms with Crippen LogP contribution in [0.5, 0.6) is 0 Å². The van der Waals surface area contributed by atoms with Gasteiger partial charge in [0.2, 0.25) is 5.91 Å². The summed E-state index contributed by atoms with van der Waals surface area (Å²) < 4.78 is 11.2. The van der Waals surface area contributed by atoms with E-state index in [4.69, 9.17) is 9.47 Å². The maximum atomic E-state index is 13.6. The summed E-state index contributed by atoms with van der Waals surface area (Å²) in [5.74, 6) is -1.24. The fourth-order valence-corrected chi connectivity index (χ4v) is 5.73. The van der Waals surface area contributed by atoms with Crippen molar-refractivity contribution in [3.05, 3.63) is 59.7 Å². The van der Waals surface area contributed by atoms with Gasteiger partial charge >= 0.3 is 12.1 Å². The molecule has 5 rings (SSSR count). The maximum absolute atomic E-state index is 13.6. The van der Waals surface area contributed by atoms with E-state index in [-0.39, 0.29) is 30.9 Å². The Morgan fingerprint density at radius 1 is 1.03 bits per heavy atom. The van der Waals surface area contributed by atoms with E-state index in [1.165, 1.54) is 0 Å². The standard InChI is InChI=1S/C27H30N2O6/c30-24(31)16-18-6-5-13-29(18)25(32)27(11-14-34-15-12-27)28-26(33)35-17-23-21-9-3-1-7-19(21)20-8-2-4-10-22(20)23/h1-4,7-10,18,23H,5-6,11-17H2,(H,28,33)(H,30,31)/t18-/m1/s1. The fourth-order valence-electron chi connectivity index (χ4n) is 5.73. The number of alkyl carbamates (subject to hydrolysis) is 1. The molecule has 1 aliphatic carbocycles. The lowest BCUT2D eigenvalue weighted by Crippen LogP contribution is -2.62. The molecule has 0 saturated carbocycles. The molecule has 8 nitrogen and oxygen atoms in total. The molecule has 2 amide bonds. The summed E-state index contributed by atoms with van der Waals surface area (Å²) in [6, 6.07) is 15.9. The molecule has 3 aliphatic rings. The van der Waals surface area contributed by atoms with Gasteiger partial charge in [0, 0.05) is 44.6 Å². The van der Waals surface area contributed by atoms with Gasteiger partial charge in [0.1, 0.15) is 12.1 Å². The second-order valence-electron chi connectivity index (χ2n) is 9.54. The molecule has 2 aromatic rings. The molecule has 0 bridgehead atoms. The van der Waals surface area contributed by atoms with E-state index in [2.05, 4.69) is 29.6 Å². The monoisotopic (exact) mass is 478 g/mol.